The number of hydrogen-bond acceptors (Lipinski definition) is 4. The number of rotatable bonds is 5. The van der Waals surface area contributed by atoms with Crippen LogP contribution in [0.3, 0.4) is 0 Å². The molecule has 2 aromatic heterocycles. The molecule has 0 spiro atoms. The van der Waals surface area contributed by atoms with Crippen molar-refractivity contribution in [3.63, 3.8) is 0 Å². The minimum Gasteiger partial charge on any atom is -0.485 e. The molecule has 1 aliphatic heterocycles. The van der Waals surface area contributed by atoms with E-state index in [2.05, 4.69) is 15.6 Å². The van der Waals surface area contributed by atoms with Gasteiger partial charge in [0.1, 0.15) is 23.9 Å². The Morgan fingerprint density at radius 3 is 2.81 bits per heavy atom. The number of nitrogens with zero attached hydrogens (tertiary/aromatic N) is 2. The quantitative estimate of drug-likeness (QED) is 0.636. The Kier molecular flexibility index (Phi) is 5.55. The SMILES string of the molecule is Cc1nc2c(OCc3c(F)cccc3F)cccn2c1C(=O)NC1CC2CCNCCC21. The number of pyridine rings is 1. The van der Waals surface area contributed by atoms with E-state index in [1.165, 1.54) is 18.2 Å². The van der Waals surface area contributed by atoms with Crippen LogP contribution >= 0.6 is 0 Å². The van der Waals surface area contributed by atoms with Gasteiger partial charge in [0.15, 0.2) is 11.4 Å². The fraction of sp³-hybridized carbons (Fsp3) is 0.417. The molecule has 32 heavy (non-hydrogen) atoms. The maximum Gasteiger partial charge on any atom is 0.270 e. The maximum atomic E-state index is 13.9. The summed E-state index contributed by atoms with van der Waals surface area (Å²) < 4.78 is 35.3. The van der Waals surface area contributed by atoms with Crippen LogP contribution < -0.4 is 15.4 Å². The van der Waals surface area contributed by atoms with Gasteiger partial charge in [-0.25, -0.2) is 13.8 Å². The van der Waals surface area contributed by atoms with E-state index >= 15 is 0 Å². The molecule has 8 heteroatoms. The average Bonchev–Trinajstić information content (AvgIpc) is 2.98. The molecule has 1 saturated heterocycles. The number of amides is 1. The summed E-state index contributed by atoms with van der Waals surface area (Å²) in [7, 11) is 0. The Morgan fingerprint density at radius 2 is 2.00 bits per heavy atom. The van der Waals surface area contributed by atoms with Crippen LogP contribution in [-0.4, -0.2) is 34.4 Å². The summed E-state index contributed by atoms with van der Waals surface area (Å²) in [5, 5.41) is 6.64. The summed E-state index contributed by atoms with van der Waals surface area (Å²) in [5.74, 6) is 0.0669. The molecule has 3 unspecified atom stereocenters. The number of nitrogens with one attached hydrogen (secondary N) is 2. The second-order valence-corrected chi connectivity index (χ2v) is 8.67. The van der Waals surface area contributed by atoms with Crippen molar-refractivity contribution in [1.29, 1.82) is 0 Å². The van der Waals surface area contributed by atoms with Crippen LogP contribution in [0, 0.1) is 30.4 Å². The van der Waals surface area contributed by atoms with E-state index in [1.807, 2.05) is 0 Å². The molecule has 2 aliphatic rings. The zero-order valence-electron chi connectivity index (χ0n) is 17.9. The minimum atomic E-state index is -0.663. The minimum absolute atomic E-state index is 0.145. The van der Waals surface area contributed by atoms with Crippen molar-refractivity contribution in [2.45, 2.75) is 38.8 Å². The van der Waals surface area contributed by atoms with Crippen molar-refractivity contribution in [3.8, 4) is 5.75 Å². The molecule has 168 valence electrons. The summed E-state index contributed by atoms with van der Waals surface area (Å²) >= 11 is 0. The maximum absolute atomic E-state index is 13.9. The molecule has 3 atom stereocenters. The predicted molar refractivity (Wildman–Crippen MR) is 116 cm³/mol. The molecular formula is C24H26F2N4O2. The van der Waals surface area contributed by atoms with E-state index in [0.29, 0.717) is 34.6 Å². The van der Waals surface area contributed by atoms with Crippen molar-refractivity contribution < 1.29 is 18.3 Å². The lowest BCUT2D eigenvalue weighted by Gasteiger charge is -2.44. The van der Waals surface area contributed by atoms with E-state index in [9.17, 15) is 13.6 Å². The molecule has 2 N–H and O–H groups in total. The van der Waals surface area contributed by atoms with Crippen LogP contribution in [-0.2, 0) is 6.61 Å². The number of benzene rings is 1. The summed E-state index contributed by atoms with van der Waals surface area (Å²) in [4.78, 5) is 17.7. The van der Waals surface area contributed by atoms with Gasteiger partial charge in [0, 0.05) is 12.2 Å². The van der Waals surface area contributed by atoms with Crippen LogP contribution in [0.5, 0.6) is 5.75 Å². The van der Waals surface area contributed by atoms with Crippen molar-refractivity contribution in [1.82, 2.24) is 20.0 Å². The summed E-state index contributed by atoms with van der Waals surface area (Å²) in [5.41, 5.74) is 1.33. The number of carbonyl (C=O) groups excluding carboxylic acids is 1. The van der Waals surface area contributed by atoms with Gasteiger partial charge in [-0.05, 0) is 75.4 Å². The normalized spacial score (nSPS) is 22.7. The second-order valence-electron chi connectivity index (χ2n) is 8.67. The van der Waals surface area contributed by atoms with Crippen molar-refractivity contribution in [2.24, 2.45) is 11.8 Å². The number of carbonyl (C=O) groups is 1. The molecule has 3 heterocycles. The molecule has 0 radical (unpaired) electrons. The van der Waals surface area contributed by atoms with Gasteiger partial charge in [-0.3, -0.25) is 9.20 Å². The molecule has 1 aromatic carbocycles. The Hall–Kier alpha value is -3.00. The van der Waals surface area contributed by atoms with Crippen LogP contribution in [0.15, 0.2) is 36.5 Å². The highest BCUT2D eigenvalue weighted by Crippen LogP contribution is 2.40. The second kappa shape index (κ2) is 8.50. The van der Waals surface area contributed by atoms with Gasteiger partial charge in [-0.15, -0.1) is 0 Å². The van der Waals surface area contributed by atoms with Gasteiger partial charge in [-0.1, -0.05) is 6.07 Å². The van der Waals surface area contributed by atoms with E-state index < -0.39 is 11.6 Å². The Bertz CT molecular complexity index is 1140. The number of fused-ring (bicyclic) bond motifs is 2. The highest BCUT2D eigenvalue weighted by Gasteiger charge is 2.42. The number of aryl methyl sites for hydroxylation is 1. The number of hydrogen-bond donors (Lipinski definition) is 2. The third kappa shape index (κ3) is 3.72. The highest BCUT2D eigenvalue weighted by atomic mass is 19.1. The van der Waals surface area contributed by atoms with Crippen molar-refractivity contribution in [3.05, 3.63) is 65.1 Å². The number of halogens is 2. The third-order valence-electron chi connectivity index (χ3n) is 6.78. The van der Waals surface area contributed by atoms with Gasteiger partial charge < -0.3 is 15.4 Å². The van der Waals surface area contributed by atoms with Crippen LogP contribution in [0.4, 0.5) is 8.78 Å². The first-order valence-corrected chi connectivity index (χ1v) is 11.1. The number of imidazole rings is 1. The van der Waals surface area contributed by atoms with Gasteiger partial charge in [0.25, 0.3) is 5.91 Å². The molecular weight excluding hydrogens is 414 g/mol. The number of aromatic nitrogens is 2. The third-order valence-corrected chi connectivity index (χ3v) is 6.78. The van der Waals surface area contributed by atoms with Crippen LogP contribution in [0.2, 0.25) is 0 Å². The van der Waals surface area contributed by atoms with Crippen molar-refractivity contribution in [2.75, 3.05) is 13.1 Å². The summed E-state index contributed by atoms with van der Waals surface area (Å²) in [6.07, 6.45) is 5.00. The van der Waals surface area contributed by atoms with E-state index in [-0.39, 0.29) is 24.1 Å². The average molecular weight is 440 g/mol. The van der Waals surface area contributed by atoms with Crippen LogP contribution in [0.1, 0.15) is 41.0 Å². The lowest BCUT2D eigenvalue weighted by Crippen LogP contribution is -2.52. The lowest BCUT2D eigenvalue weighted by molar-refractivity contribution is 0.0715. The zero-order valence-corrected chi connectivity index (χ0v) is 17.9. The smallest absolute Gasteiger partial charge is 0.270 e. The molecule has 1 saturated carbocycles. The first-order chi connectivity index (χ1) is 15.5. The first kappa shape index (κ1) is 20.9. The lowest BCUT2D eigenvalue weighted by atomic mass is 9.66. The Morgan fingerprint density at radius 1 is 1.22 bits per heavy atom. The van der Waals surface area contributed by atoms with E-state index in [1.54, 1.807) is 29.7 Å². The van der Waals surface area contributed by atoms with Gasteiger partial charge >= 0.3 is 0 Å². The standard InChI is InChI=1S/C24H26F2N4O2/c1-14-22(24(31)29-20-12-15-7-9-27-10-8-16(15)20)30-11-3-6-21(23(30)28-14)32-13-17-18(25)4-2-5-19(17)26/h2-6,11,15-16,20,27H,7-10,12-13H2,1H3,(H,29,31). The fourth-order valence-electron chi connectivity index (χ4n) is 5.02. The highest BCUT2D eigenvalue weighted by molar-refractivity contribution is 5.95. The monoisotopic (exact) mass is 440 g/mol. The largest absolute Gasteiger partial charge is 0.485 e. The summed E-state index contributed by atoms with van der Waals surface area (Å²) in [6.45, 7) is 3.55. The molecule has 5 rings (SSSR count). The fourth-order valence-corrected chi connectivity index (χ4v) is 5.02. The molecule has 0 bridgehead atoms. The molecule has 1 amide bonds. The Labute approximate surface area is 185 Å². The van der Waals surface area contributed by atoms with Gasteiger partial charge in [0.05, 0.1) is 11.3 Å². The summed E-state index contributed by atoms with van der Waals surface area (Å²) in [6, 6.07) is 7.29. The van der Waals surface area contributed by atoms with E-state index in [0.717, 1.165) is 32.4 Å². The molecule has 1 aliphatic carbocycles. The molecule has 3 aromatic rings. The Balaban J connectivity index is 1.36. The van der Waals surface area contributed by atoms with E-state index in [4.69, 9.17) is 4.74 Å². The topological polar surface area (TPSA) is 67.7 Å². The molecule has 6 nitrogen and oxygen atoms in total. The van der Waals surface area contributed by atoms with Gasteiger partial charge in [0.2, 0.25) is 0 Å². The van der Waals surface area contributed by atoms with Gasteiger partial charge in [-0.2, -0.15) is 0 Å². The molecule has 2 fully saturated rings. The first-order valence-electron chi connectivity index (χ1n) is 11.1. The predicted octanol–water partition coefficient (Wildman–Crippen LogP) is 3.62. The number of ether oxygens (including phenoxy) is 1. The van der Waals surface area contributed by atoms with Crippen molar-refractivity contribution >= 4 is 11.6 Å². The zero-order chi connectivity index (χ0) is 22.2. The van der Waals surface area contributed by atoms with Crippen LogP contribution in [0.25, 0.3) is 5.65 Å².